The van der Waals surface area contributed by atoms with Crippen molar-refractivity contribution in [2.75, 3.05) is 19.4 Å². The molecule has 49 heavy (non-hydrogen) atoms. The van der Waals surface area contributed by atoms with Gasteiger partial charge in [0, 0.05) is 45.9 Å². The van der Waals surface area contributed by atoms with E-state index >= 15 is 0 Å². The number of carboxylic acids is 1. The molecule has 0 saturated carbocycles. The number of nitrogens with zero attached hydrogens (tertiary/aromatic N) is 1. The van der Waals surface area contributed by atoms with E-state index in [0.717, 1.165) is 33.3 Å². The zero-order chi connectivity index (χ0) is 34.4. The number of ether oxygens (including phenoxy) is 1. The van der Waals surface area contributed by atoms with E-state index in [4.69, 9.17) is 16.3 Å². The summed E-state index contributed by atoms with van der Waals surface area (Å²) in [5.74, 6) is -0.445. The number of fused-ring (bicyclic) bond motifs is 1. The number of hydrogen-bond acceptors (Lipinski definition) is 5. The van der Waals surface area contributed by atoms with E-state index in [2.05, 4.69) is 33.6 Å². The Morgan fingerprint density at radius 2 is 1.49 bits per heavy atom. The number of thioether (sulfide) groups is 1. The maximum atomic E-state index is 13.6. The number of rotatable bonds is 14. The van der Waals surface area contributed by atoms with E-state index < -0.39 is 16.0 Å². The van der Waals surface area contributed by atoms with E-state index in [9.17, 15) is 18.3 Å². The highest BCUT2D eigenvalue weighted by atomic mass is 35.5. The van der Waals surface area contributed by atoms with E-state index in [1.54, 1.807) is 30.3 Å². The van der Waals surface area contributed by atoms with Gasteiger partial charge >= 0.3 is 5.97 Å². The Morgan fingerprint density at radius 1 is 0.857 bits per heavy atom. The van der Waals surface area contributed by atoms with Gasteiger partial charge in [-0.1, -0.05) is 84.4 Å². The van der Waals surface area contributed by atoms with E-state index in [0.29, 0.717) is 35.1 Å². The largest absolute Gasteiger partial charge is 0.493 e. The summed E-state index contributed by atoms with van der Waals surface area (Å²) in [7, 11) is -3.79. The number of aromatic carboxylic acids is 1. The minimum atomic E-state index is -3.79. The van der Waals surface area contributed by atoms with Crippen molar-refractivity contribution in [2.24, 2.45) is 0 Å². The second-order valence-corrected chi connectivity index (χ2v) is 14.4. The molecule has 0 saturated heterocycles. The van der Waals surface area contributed by atoms with Crippen LogP contribution in [0.5, 0.6) is 5.75 Å². The van der Waals surface area contributed by atoms with E-state index in [1.165, 1.54) is 23.9 Å². The van der Waals surface area contributed by atoms with Gasteiger partial charge in [-0.05, 0) is 77.5 Å². The molecule has 5 aromatic carbocycles. The molecule has 10 heteroatoms. The molecule has 0 spiro atoms. The lowest BCUT2D eigenvalue weighted by atomic mass is 9.97. The first-order valence-corrected chi connectivity index (χ1v) is 18.9. The second kappa shape index (κ2) is 15.3. The number of benzene rings is 5. The highest BCUT2D eigenvalue weighted by Gasteiger charge is 2.26. The van der Waals surface area contributed by atoms with Crippen LogP contribution in [-0.2, 0) is 22.9 Å². The maximum absolute atomic E-state index is 13.6. The number of nitrogens with one attached hydrogen (secondary N) is 1. The predicted molar refractivity (Wildman–Crippen MR) is 197 cm³/mol. The fourth-order valence-electron chi connectivity index (χ4n) is 6.20. The molecule has 7 nitrogen and oxygen atoms in total. The van der Waals surface area contributed by atoms with Gasteiger partial charge in [0.15, 0.2) is 0 Å². The molecule has 0 aliphatic rings. The minimum Gasteiger partial charge on any atom is -0.493 e. The first kappa shape index (κ1) is 34.3. The van der Waals surface area contributed by atoms with Crippen LogP contribution in [0.2, 0.25) is 5.02 Å². The summed E-state index contributed by atoms with van der Waals surface area (Å²) in [5, 5.41) is 10.8. The van der Waals surface area contributed by atoms with Crippen LogP contribution in [0.4, 0.5) is 0 Å². The monoisotopic (exact) mass is 710 g/mol. The third kappa shape index (κ3) is 7.71. The highest BCUT2D eigenvalue weighted by molar-refractivity contribution is 7.99. The summed E-state index contributed by atoms with van der Waals surface area (Å²) in [6.07, 6.45) is 2.75. The molecule has 1 aromatic heterocycles. The fraction of sp³-hybridized carbons (Fsp3) is 0.154. The quantitative estimate of drug-likeness (QED) is 0.110. The van der Waals surface area contributed by atoms with Crippen molar-refractivity contribution >= 4 is 50.3 Å². The van der Waals surface area contributed by atoms with Gasteiger partial charge in [0.25, 0.3) is 0 Å². The summed E-state index contributed by atoms with van der Waals surface area (Å²) in [6, 6.07) is 39.5. The molecule has 0 unspecified atom stereocenters. The van der Waals surface area contributed by atoms with Crippen LogP contribution < -0.4 is 9.46 Å². The SMILES string of the molecule is CSc1ccccc1S(=O)(=O)NCCc1c(CCOc2ccc(C(=O)O)cc2)c2cc(Cl)ccc2n1C(c1ccccc1)c1ccccc1. The van der Waals surface area contributed by atoms with Gasteiger partial charge in [0.1, 0.15) is 5.75 Å². The lowest BCUT2D eigenvalue weighted by Gasteiger charge is -2.25. The van der Waals surface area contributed by atoms with Crippen LogP contribution in [-0.4, -0.2) is 43.5 Å². The molecule has 0 radical (unpaired) electrons. The Hall–Kier alpha value is -4.54. The smallest absolute Gasteiger partial charge is 0.335 e. The molecule has 0 fully saturated rings. The normalized spacial score (nSPS) is 11.7. The van der Waals surface area contributed by atoms with Crippen LogP contribution in [0, 0.1) is 0 Å². The number of hydrogen-bond donors (Lipinski definition) is 2. The van der Waals surface area contributed by atoms with Crippen LogP contribution in [0.25, 0.3) is 10.9 Å². The summed E-state index contributed by atoms with van der Waals surface area (Å²) in [6.45, 7) is 0.467. The molecule has 6 aromatic rings. The minimum absolute atomic E-state index is 0.163. The van der Waals surface area contributed by atoms with Crippen molar-refractivity contribution < 1.29 is 23.1 Å². The Kier molecular flexibility index (Phi) is 10.7. The lowest BCUT2D eigenvalue weighted by Crippen LogP contribution is -2.28. The van der Waals surface area contributed by atoms with Gasteiger partial charge in [0.2, 0.25) is 10.0 Å². The molecule has 0 amide bonds. The molecule has 2 N–H and O–H groups in total. The molecule has 250 valence electrons. The van der Waals surface area contributed by atoms with Crippen molar-refractivity contribution in [1.82, 2.24) is 9.29 Å². The van der Waals surface area contributed by atoms with Gasteiger partial charge in [-0.15, -0.1) is 11.8 Å². The van der Waals surface area contributed by atoms with Crippen molar-refractivity contribution in [3.05, 3.63) is 160 Å². The summed E-state index contributed by atoms with van der Waals surface area (Å²) < 4.78 is 38.4. The van der Waals surface area contributed by atoms with Gasteiger partial charge in [-0.25, -0.2) is 17.9 Å². The van der Waals surface area contributed by atoms with E-state index in [1.807, 2.05) is 66.9 Å². The van der Waals surface area contributed by atoms with Gasteiger partial charge in [-0.3, -0.25) is 0 Å². The summed E-state index contributed by atoms with van der Waals surface area (Å²) in [4.78, 5) is 12.3. The zero-order valence-electron chi connectivity index (χ0n) is 26.8. The molecule has 0 aliphatic heterocycles. The number of halogens is 1. The average Bonchev–Trinajstić information content (AvgIpc) is 3.40. The standard InChI is InChI=1S/C39H35ClN2O5S2/c1-48-36-14-8-9-15-37(36)49(45,46)41-24-22-35-32(23-25-47-31-19-16-29(17-20-31)39(43)44)33-26-30(40)18-21-34(33)42(35)38(27-10-4-2-5-11-27)28-12-6-3-7-13-28/h2-21,26,38,41H,22-25H2,1H3,(H,43,44). The number of aromatic nitrogens is 1. The van der Waals surface area contributed by atoms with Crippen LogP contribution >= 0.6 is 23.4 Å². The Labute approximate surface area is 295 Å². The number of sulfonamides is 1. The van der Waals surface area contributed by atoms with Crippen molar-refractivity contribution in [3.63, 3.8) is 0 Å². The van der Waals surface area contributed by atoms with Gasteiger partial charge in [0.05, 0.1) is 23.1 Å². The van der Waals surface area contributed by atoms with Crippen molar-refractivity contribution in [1.29, 1.82) is 0 Å². The first-order valence-electron chi connectivity index (χ1n) is 15.8. The average molecular weight is 711 g/mol. The third-order valence-corrected chi connectivity index (χ3v) is 11.1. The topological polar surface area (TPSA) is 97.6 Å². The van der Waals surface area contributed by atoms with E-state index in [-0.39, 0.29) is 23.0 Å². The molecule has 6 rings (SSSR count). The zero-order valence-corrected chi connectivity index (χ0v) is 29.1. The maximum Gasteiger partial charge on any atom is 0.335 e. The fourth-order valence-corrected chi connectivity index (χ4v) is 8.55. The highest BCUT2D eigenvalue weighted by Crippen LogP contribution is 2.38. The molecular weight excluding hydrogens is 676 g/mol. The van der Waals surface area contributed by atoms with Crippen LogP contribution in [0.1, 0.15) is 38.8 Å². The summed E-state index contributed by atoms with van der Waals surface area (Å²) >= 11 is 8.01. The third-order valence-electron chi connectivity index (χ3n) is 8.41. The Balaban J connectivity index is 1.43. The first-order chi connectivity index (χ1) is 23.8. The summed E-state index contributed by atoms with van der Waals surface area (Å²) in [5.41, 5.74) is 5.27. The molecule has 0 atom stereocenters. The lowest BCUT2D eigenvalue weighted by molar-refractivity contribution is 0.0697. The van der Waals surface area contributed by atoms with Crippen molar-refractivity contribution in [2.45, 2.75) is 28.7 Å². The Morgan fingerprint density at radius 3 is 2.12 bits per heavy atom. The second-order valence-electron chi connectivity index (χ2n) is 11.4. The molecule has 0 aliphatic carbocycles. The molecule has 1 heterocycles. The molecular formula is C39H35ClN2O5S2. The Bertz CT molecular complexity index is 2130. The van der Waals surface area contributed by atoms with Gasteiger partial charge in [-0.2, -0.15) is 0 Å². The van der Waals surface area contributed by atoms with Crippen molar-refractivity contribution in [3.8, 4) is 5.75 Å². The number of carbonyl (C=O) groups is 1. The number of carboxylic acid groups (broad SMARTS) is 1. The van der Waals surface area contributed by atoms with Crippen LogP contribution in [0.15, 0.2) is 137 Å². The van der Waals surface area contributed by atoms with Crippen LogP contribution in [0.3, 0.4) is 0 Å². The predicted octanol–water partition coefficient (Wildman–Crippen LogP) is 8.50. The van der Waals surface area contributed by atoms with Gasteiger partial charge < -0.3 is 14.4 Å². The molecule has 0 bridgehead atoms.